The maximum atomic E-state index is 13.0. The lowest BCUT2D eigenvalue weighted by Gasteiger charge is -2.22. The molecule has 0 unspecified atom stereocenters. The number of aromatic nitrogens is 8. The number of hydrogen-bond donors (Lipinski definition) is 7. The molecule has 1 atom stereocenters. The van der Waals surface area contributed by atoms with Crippen molar-refractivity contribution >= 4 is 52.1 Å². The summed E-state index contributed by atoms with van der Waals surface area (Å²) < 4.78 is 0. The van der Waals surface area contributed by atoms with E-state index in [1.807, 2.05) is 4.90 Å². The highest BCUT2D eigenvalue weighted by Gasteiger charge is 2.22. The summed E-state index contributed by atoms with van der Waals surface area (Å²) in [6, 6.07) is 9.94. The van der Waals surface area contributed by atoms with Crippen LogP contribution in [0.25, 0.3) is 22.6 Å². The van der Waals surface area contributed by atoms with Gasteiger partial charge in [0.25, 0.3) is 11.8 Å². The molecule has 0 spiro atoms. The van der Waals surface area contributed by atoms with Gasteiger partial charge in [-0.25, -0.2) is 14.8 Å². The molecule has 3 aromatic heterocycles. The fraction of sp³-hybridized carbons (Fsp3) is 0.200. The Balaban J connectivity index is 1.17. The van der Waals surface area contributed by atoms with Crippen LogP contribution in [0.3, 0.4) is 0 Å². The lowest BCUT2D eigenvalue weighted by molar-refractivity contribution is -0.139. The molecule has 18 heteroatoms. The van der Waals surface area contributed by atoms with E-state index in [1.165, 1.54) is 12.3 Å². The minimum atomic E-state index is -1.21. The minimum absolute atomic E-state index is 0.00858. The van der Waals surface area contributed by atoms with Crippen LogP contribution in [0.4, 0.5) is 23.1 Å². The van der Waals surface area contributed by atoms with E-state index in [0.29, 0.717) is 28.1 Å². The number of aromatic amines is 1. The average Bonchev–Trinajstić information content (AvgIpc) is 3.61. The van der Waals surface area contributed by atoms with Gasteiger partial charge in [0.2, 0.25) is 11.8 Å². The Morgan fingerprint density at radius 1 is 1.04 bits per heavy atom. The van der Waals surface area contributed by atoms with E-state index < -0.39 is 23.8 Å². The summed E-state index contributed by atoms with van der Waals surface area (Å²) in [6.07, 6.45) is 7.46. The number of fused-ring (bicyclic) bond motifs is 1. The van der Waals surface area contributed by atoms with Crippen molar-refractivity contribution in [2.75, 3.05) is 35.2 Å². The van der Waals surface area contributed by atoms with Crippen molar-refractivity contribution in [1.82, 2.24) is 51.2 Å². The van der Waals surface area contributed by atoms with Gasteiger partial charge in [-0.1, -0.05) is 5.92 Å². The number of nitrogens with zero attached hydrogens (tertiary/aromatic N) is 8. The molecule has 3 heterocycles. The molecule has 10 N–H and O–H groups in total. The van der Waals surface area contributed by atoms with Gasteiger partial charge in [-0.2, -0.15) is 15.2 Å². The third-order valence-electron chi connectivity index (χ3n) is 7.06. The van der Waals surface area contributed by atoms with Gasteiger partial charge < -0.3 is 37.8 Å². The lowest BCUT2D eigenvalue weighted by Crippen LogP contribution is -2.41. The van der Waals surface area contributed by atoms with Gasteiger partial charge in [-0.05, 0) is 60.5 Å². The zero-order chi connectivity index (χ0) is 34.2. The number of carboxylic acid groups (broad SMARTS) is 1. The van der Waals surface area contributed by atoms with E-state index >= 15 is 0 Å². The van der Waals surface area contributed by atoms with Gasteiger partial charge in [-0.15, -0.1) is 16.6 Å². The first-order valence-electron chi connectivity index (χ1n) is 14.4. The second-order valence-corrected chi connectivity index (χ2v) is 10.4. The number of amides is 2. The normalized spacial score (nSPS) is 11.4. The first-order chi connectivity index (χ1) is 23.1. The van der Waals surface area contributed by atoms with Crippen LogP contribution in [0, 0.1) is 12.3 Å². The third-order valence-corrected chi connectivity index (χ3v) is 7.06. The molecule has 0 bridgehead atoms. The van der Waals surface area contributed by atoms with Crippen LogP contribution in [-0.4, -0.2) is 82.6 Å². The molecule has 5 rings (SSSR count). The first-order valence-corrected chi connectivity index (χ1v) is 14.4. The molecule has 0 aliphatic heterocycles. The number of benzene rings is 2. The summed E-state index contributed by atoms with van der Waals surface area (Å²) in [4.78, 5) is 56.3. The molecule has 2 amide bonds. The minimum Gasteiger partial charge on any atom is -0.480 e. The van der Waals surface area contributed by atoms with Gasteiger partial charge >= 0.3 is 5.97 Å². The predicted octanol–water partition coefficient (Wildman–Crippen LogP) is 0.380. The second-order valence-electron chi connectivity index (χ2n) is 10.4. The van der Waals surface area contributed by atoms with E-state index in [9.17, 15) is 19.5 Å². The van der Waals surface area contributed by atoms with E-state index in [4.69, 9.17) is 23.6 Å². The Kier molecular flexibility index (Phi) is 9.79. The number of H-pyrrole nitrogens is 1. The smallest absolute Gasteiger partial charge is 0.326 e. The predicted molar refractivity (Wildman–Crippen MR) is 175 cm³/mol. The fourth-order valence-corrected chi connectivity index (χ4v) is 4.75. The number of carboxylic acids is 1. The Morgan fingerprint density at radius 3 is 2.54 bits per heavy atom. The monoisotopic (exact) mass is 650 g/mol. The standard InChI is InChI=1S/C30H30N14O4/c1-2-12-44(15-18-14-35-26-23(36-18)24(32)38-30(33)39-26)19-8-5-16(6-9-19)27(45)37-22(29(47)48)4-3-11-34-28(46)20-10-7-17(31)13-21(20)25-40-42-43-41-25/h1,5-10,13-14,22H,3-4,11-12,15,31H2,(H,34,46)(H,37,45)(H,47,48)(H,40,41,42,43)(H4,32,33,35,38,39)/t22-/m0/s1. The summed E-state index contributed by atoms with van der Waals surface area (Å²) in [5.74, 6) is 0.664. The van der Waals surface area contributed by atoms with Crippen molar-refractivity contribution < 1.29 is 19.5 Å². The number of rotatable bonds is 13. The lowest BCUT2D eigenvalue weighted by atomic mass is 10.0. The highest BCUT2D eigenvalue weighted by molar-refractivity contribution is 6.00. The van der Waals surface area contributed by atoms with Gasteiger partial charge in [0.15, 0.2) is 17.0 Å². The molecule has 48 heavy (non-hydrogen) atoms. The SMILES string of the molecule is C#CCN(Cc1cnc2nc(N)nc(N)c2n1)c1ccc(C(=O)N[C@@H](CCCNC(=O)c2ccc(N)cc2-c2nn[nH]n2)C(=O)O)cc1. The van der Waals surface area contributed by atoms with E-state index in [1.54, 1.807) is 36.4 Å². The number of hydrogen-bond acceptors (Lipinski definition) is 14. The van der Waals surface area contributed by atoms with Gasteiger partial charge in [0, 0.05) is 29.0 Å². The number of nitrogen functional groups attached to an aromatic ring is 3. The highest BCUT2D eigenvalue weighted by atomic mass is 16.4. The molecule has 0 saturated heterocycles. The van der Waals surface area contributed by atoms with Crippen molar-refractivity contribution in [3.8, 4) is 23.7 Å². The molecule has 0 saturated carbocycles. The van der Waals surface area contributed by atoms with Crippen LogP contribution < -0.4 is 32.7 Å². The summed E-state index contributed by atoms with van der Waals surface area (Å²) in [6.45, 7) is 0.619. The van der Waals surface area contributed by atoms with Crippen LogP contribution in [0.5, 0.6) is 0 Å². The van der Waals surface area contributed by atoms with Crippen molar-refractivity contribution in [3.05, 3.63) is 65.5 Å². The quantitative estimate of drug-likeness (QED) is 0.0515. The molecule has 2 aromatic carbocycles. The average molecular weight is 651 g/mol. The van der Waals surface area contributed by atoms with Crippen LogP contribution in [0.2, 0.25) is 0 Å². The number of nitrogens with one attached hydrogen (secondary N) is 3. The maximum absolute atomic E-state index is 13.0. The highest BCUT2D eigenvalue weighted by Crippen LogP contribution is 2.23. The summed E-state index contributed by atoms with van der Waals surface area (Å²) in [5, 5.41) is 28.7. The largest absolute Gasteiger partial charge is 0.480 e. The number of carbonyl (C=O) groups excluding carboxylic acids is 2. The zero-order valence-electron chi connectivity index (χ0n) is 25.3. The number of aliphatic carboxylic acids is 1. The van der Waals surface area contributed by atoms with E-state index in [2.05, 4.69) is 57.1 Å². The fourth-order valence-electron chi connectivity index (χ4n) is 4.75. The Bertz CT molecular complexity index is 1990. The first kappa shape index (κ1) is 32.5. The van der Waals surface area contributed by atoms with Gasteiger partial charge in [0.1, 0.15) is 6.04 Å². The molecule has 0 radical (unpaired) electrons. The van der Waals surface area contributed by atoms with E-state index in [-0.39, 0.29) is 66.8 Å². The summed E-state index contributed by atoms with van der Waals surface area (Å²) in [7, 11) is 0. The van der Waals surface area contributed by atoms with Crippen LogP contribution in [0.15, 0.2) is 48.7 Å². The van der Waals surface area contributed by atoms with Crippen molar-refractivity contribution in [2.45, 2.75) is 25.4 Å². The number of carbonyl (C=O) groups is 3. The van der Waals surface area contributed by atoms with E-state index in [0.717, 1.165) is 0 Å². The number of terminal acetylenes is 1. The molecular formula is C30H30N14O4. The topological polar surface area (TPSA) is 283 Å². The zero-order valence-corrected chi connectivity index (χ0v) is 25.3. The summed E-state index contributed by atoms with van der Waals surface area (Å²) in [5.41, 5.74) is 20.5. The molecule has 18 nitrogen and oxygen atoms in total. The Labute approximate surface area is 272 Å². The van der Waals surface area contributed by atoms with Crippen molar-refractivity contribution in [2.24, 2.45) is 0 Å². The van der Waals surface area contributed by atoms with Crippen molar-refractivity contribution in [3.63, 3.8) is 0 Å². The summed E-state index contributed by atoms with van der Waals surface area (Å²) >= 11 is 0. The number of tetrazole rings is 1. The van der Waals surface area contributed by atoms with Gasteiger partial charge in [0.05, 0.1) is 30.5 Å². The molecule has 5 aromatic rings. The number of anilines is 4. The van der Waals surface area contributed by atoms with Gasteiger partial charge in [-0.3, -0.25) is 9.59 Å². The second kappa shape index (κ2) is 14.5. The number of nitrogens with two attached hydrogens (primary N) is 3. The maximum Gasteiger partial charge on any atom is 0.326 e. The third kappa shape index (κ3) is 7.66. The molecule has 0 aliphatic carbocycles. The molecule has 0 aliphatic rings. The molecular weight excluding hydrogens is 620 g/mol. The Morgan fingerprint density at radius 2 is 1.83 bits per heavy atom. The molecule has 244 valence electrons. The van der Waals surface area contributed by atoms with Crippen LogP contribution in [-0.2, 0) is 11.3 Å². The molecule has 0 fully saturated rings. The van der Waals surface area contributed by atoms with Crippen LogP contribution in [0.1, 0.15) is 39.3 Å². The van der Waals surface area contributed by atoms with Crippen molar-refractivity contribution in [1.29, 1.82) is 0 Å². The Hall–Kier alpha value is -6.90. The van der Waals surface area contributed by atoms with Crippen LogP contribution >= 0.6 is 0 Å².